The van der Waals surface area contributed by atoms with E-state index < -0.39 is 0 Å². The Morgan fingerprint density at radius 2 is 1.81 bits per heavy atom. The van der Waals surface area contributed by atoms with E-state index in [0.29, 0.717) is 0 Å². The van der Waals surface area contributed by atoms with Gasteiger partial charge in [-0.15, -0.1) is 0 Å². The molecule has 1 heterocycles. The Labute approximate surface area is 129 Å². The van der Waals surface area contributed by atoms with Crippen LogP contribution in [0, 0.1) is 6.92 Å². The van der Waals surface area contributed by atoms with Crippen LogP contribution < -0.4 is 5.32 Å². The summed E-state index contributed by atoms with van der Waals surface area (Å²) in [6.07, 6.45) is 0.950. The molecular formula is C18H17ClN2. The summed E-state index contributed by atoms with van der Waals surface area (Å²) in [5.41, 5.74) is 3.47. The number of nitrogens with one attached hydrogen (secondary N) is 1. The van der Waals surface area contributed by atoms with Crippen molar-refractivity contribution in [1.82, 2.24) is 4.98 Å². The molecule has 3 rings (SSSR count). The predicted molar refractivity (Wildman–Crippen MR) is 90.1 cm³/mol. The number of pyridine rings is 1. The zero-order valence-electron chi connectivity index (χ0n) is 11.9. The summed E-state index contributed by atoms with van der Waals surface area (Å²) in [6, 6.07) is 18.3. The van der Waals surface area contributed by atoms with Crippen molar-refractivity contribution in [3.05, 3.63) is 70.7 Å². The number of nitrogens with zero attached hydrogens (tertiary/aromatic N) is 1. The Hall–Kier alpha value is -2.06. The van der Waals surface area contributed by atoms with Gasteiger partial charge in [-0.2, -0.15) is 0 Å². The third kappa shape index (κ3) is 3.34. The van der Waals surface area contributed by atoms with Gasteiger partial charge in [0, 0.05) is 17.0 Å². The lowest BCUT2D eigenvalue weighted by molar-refractivity contribution is 1.01. The van der Waals surface area contributed by atoms with E-state index >= 15 is 0 Å². The molecule has 0 aliphatic heterocycles. The van der Waals surface area contributed by atoms with Gasteiger partial charge < -0.3 is 5.32 Å². The summed E-state index contributed by atoms with van der Waals surface area (Å²) in [6.45, 7) is 2.94. The van der Waals surface area contributed by atoms with Gasteiger partial charge in [-0.05, 0) is 48.7 Å². The number of hydrogen-bond acceptors (Lipinski definition) is 2. The fourth-order valence-electron chi connectivity index (χ4n) is 2.38. The number of rotatable bonds is 4. The molecule has 0 amide bonds. The van der Waals surface area contributed by atoms with Crippen molar-refractivity contribution in [2.75, 3.05) is 11.9 Å². The zero-order chi connectivity index (χ0) is 14.7. The first-order chi connectivity index (χ1) is 10.2. The molecule has 2 nitrogen and oxygen atoms in total. The number of hydrogen-bond donors (Lipinski definition) is 1. The highest BCUT2D eigenvalue weighted by molar-refractivity contribution is 6.30. The maximum atomic E-state index is 5.89. The molecule has 0 atom stereocenters. The lowest BCUT2D eigenvalue weighted by atomic mass is 10.1. The fourth-order valence-corrected chi connectivity index (χ4v) is 2.50. The second-order valence-electron chi connectivity index (χ2n) is 5.15. The van der Waals surface area contributed by atoms with Crippen LogP contribution in [-0.4, -0.2) is 11.5 Å². The van der Waals surface area contributed by atoms with Gasteiger partial charge in [0.05, 0.1) is 5.52 Å². The molecular weight excluding hydrogens is 280 g/mol. The Balaban J connectivity index is 1.70. The Morgan fingerprint density at radius 3 is 2.62 bits per heavy atom. The summed E-state index contributed by atoms with van der Waals surface area (Å²) >= 11 is 5.89. The summed E-state index contributed by atoms with van der Waals surface area (Å²) in [4.78, 5) is 4.69. The number of benzene rings is 2. The van der Waals surface area contributed by atoms with Crippen molar-refractivity contribution >= 4 is 28.3 Å². The topological polar surface area (TPSA) is 24.9 Å². The van der Waals surface area contributed by atoms with Crippen molar-refractivity contribution in [2.24, 2.45) is 0 Å². The van der Waals surface area contributed by atoms with Crippen molar-refractivity contribution in [3.8, 4) is 0 Å². The third-order valence-electron chi connectivity index (χ3n) is 3.53. The molecule has 0 radical (unpaired) electrons. The van der Waals surface area contributed by atoms with Crippen LogP contribution in [0.1, 0.15) is 11.1 Å². The van der Waals surface area contributed by atoms with E-state index in [0.717, 1.165) is 29.3 Å². The maximum absolute atomic E-state index is 5.89. The minimum atomic E-state index is 0.777. The number of halogens is 1. The molecule has 106 valence electrons. The highest BCUT2D eigenvalue weighted by Gasteiger charge is 2.02. The smallest absolute Gasteiger partial charge is 0.129 e. The molecule has 3 aromatic rings. The summed E-state index contributed by atoms with van der Waals surface area (Å²) in [5, 5.41) is 5.38. The molecule has 0 aliphatic carbocycles. The molecule has 1 N–H and O–H groups in total. The van der Waals surface area contributed by atoms with Gasteiger partial charge in [0.15, 0.2) is 0 Å². The molecule has 0 bridgehead atoms. The summed E-state index contributed by atoms with van der Waals surface area (Å²) in [5.74, 6) is 0.961. The summed E-state index contributed by atoms with van der Waals surface area (Å²) in [7, 11) is 0. The molecule has 2 aromatic carbocycles. The van der Waals surface area contributed by atoms with Crippen molar-refractivity contribution in [1.29, 1.82) is 0 Å². The Kier molecular flexibility index (Phi) is 4.07. The van der Waals surface area contributed by atoms with E-state index in [9.17, 15) is 0 Å². The number of aromatic nitrogens is 1. The van der Waals surface area contributed by atoms with E-state index in [4.69, 9.17) is 11.6 Å². The molecule has 0 unspecified atom stereocenters. The summed E-state index contributed by atoms with van der Waals surface area (Å²) < 4.78 is 0. The van der Waals surface area contributed by atoms with E-state index in [-0.39, 0.29) is 0 Å². The van der Waals surface area contributed by atoms with E-state index in [1.54, 1.807) is 0 Å². The molecule has 3 heteroatoms. The molecule has 0 saturated carbocycles. The van der Waals surface area contributed by atoms with Crippen LogP contribution in [0.5, 0.6) is 0 Å². The SMILES string of the molecule is Cc1cc2ccccc2nc1NCCc1ccc(Cl)cc1. The van der Waals surface area contributed by atoms with Crippen molar-refractivity contribution in [3.63, 3.8) is 0 Å². The van der Waals surface area contributed by atoms with Crippen molar-refractivity contribution in [2.45, 2.75) is 13.3 Å². The highest BCUT2D eigenvalue weighted by Crippen LogP contribution is 2.19. The Bertz CT molecular complexity index is 751. The number of fused-ring (bicyclic) bond motifs is 1. The van der Waals surface area contributed by atoms with Crippen LogP contribution in [0.2, 0.25) is 5.02 Å². The quantitative estimate of drug-likeness (QED) is 0.744. The minimum absolute atomic E-state index is 0.777. The van der Waals surface area contributed by atoms with Gasteiger partial charge in [0.2, 0.25) is 0 Å². The first-order valence-electron chi connectivity index (χ1n) is 7.07. The third-order valence-corrected chi connectivity index (χ3v) is 3.79. The van der Waals surface area contributed by atoms with Crippen LogP contribution in [0.25, 0.3) is 10.9 Å². The lowest BCUT2D eigenvalue weighted by Gasteiger charge is -2.10. The van der Waals surface area contributed by atoms with Crippen LogP contribution >= 0.6 is 11.6 Å². The van der Waals surface area contributed by atoms with Crippen LogP contribution in [-0.2, 0) is 6.42 Å². The second-order valence-corrected chi connectivity index (χ2v) is 5.59. The number of anilines is 1. The maximum Gasteiger partial charge on any atom is 0.129 e. The van der Waals surface area contributed by atoms with Gasteiger partial charge in [-0.1, -0.05) is 41.9 Å². The first kappa shape index (κ1) is 13.9. The molecule has 0 aliphatic rings. The largest absolute Gasteiger partial charge is 0.370 e. The van der Waals surface area contributed by atoms with E-state index in [1.807, 2.05) is 30.3 Å². The van der Waals surface area contributed by atoms with Crippen LogP contribution in [0.3, 0.4) is 0 Å². The Morgan fingerprint density at radius 1 is 1.05 bits per heavy atom. The molecule has 0 saturated heterocycles. The lowest BCUT2D eigenvalue weighted by Crippen LogP contribution is -2.07. The highest BCUT2D eigenvalue weighted by atomic mass is 35.5. The molecule has 0 fully saturated rings. The van der Waals surface area contributed by atoms with Gasteiger partial charge >= 0.3 is 0 Å². The van der Waals surface area contributed by atoms with Gasteiger partial charge in [0.25, 0.3) is 0 Å². The monoisotopic (exact) mass is 296 g/mol. The van der Waals surface area contributed by atoms with E-state index in [2.05, 4.69) is 41.5 Å². The van der Waals surface area contributed by atoms with E-state index in [1.165, 1.54) is 16.5 Å². The normalized spacial score (nSPS) is 10.8. The zero-order valence-corrected chi connectivity index (χ0v) is 12.7. The van der Waals surface area contributed by atoms with Gasteiger partial charge in [-0.25, -0.2) is 4.98 Å². The minimum Gasteiger partial charge on any atom is -0.370 e. The average Bonchev–Trinajstić information content (AvgIpc) is 2.50. The first-order valence-corrected chi connectivity index (χ1v) is 7.45. The van der Waals surface area contributed by atoms with Crippen LogP contribution in [0.15, 0.2) is 54.6 Å². The predicted octanol–water partition coefficient (Wildman–Crippen LogP) is 4.85. The van der Waals surface area contributed by atoms with Crippen LogP contribution in [0.4, 0.5) is 5.82 Å². The number of para-hydroxylation sites is 1. The van der Waals surface area contributed by atoms with Crippen molar-refractivity contribution < 1.29 is 0 Å². The number of aryl methyl sites for hydroxylation is 1. The average molecular weight is 297 g/mol. The molecule has 0 spiro atoms. The second kappa shape index (κ2) is 6.15. The van der Waals surface area contributed by atoms with Gasteiger partial charge in [0.1, 0.15) is 5.82 Å². The van der Waals surface area contributed by atoms with Gasteiger partial charge in [-0.3, -0.25) is 0 Å². The fraction of sp³-hybridized carbons (Fsp3) is 0.167. The standard InChI is InChI=1S/C18H17ClN2/c1-13-12-15-4-2-3-5-17(15)21-18(13)20-11-10-14-6-8-16(19)9-7-14/h2-9,12H,10-11H2,1H3,(H,20,21). The molecule has 1 aromatic heterocycles. The molecule has 21 heavy (non-hydrogen) atoms.